The molecule has 0 saturated carbocycles. The second-order valence-electron chi connectivity index (χ2n) is 0.682. The molecule has 40 valence electrons. The van der Waals surface area contributed by atoms with Crippen LogP contribution >= 0.6 is 11.6 Å². The molecule has 0 fully saturated rings. The van der Waals surface area contributed by atoms with Crippen LogP contribution in [0.3, 0.4) is 0 Å². The summed E-state index contributed by atoms with van der Waals surface area (Å²) in [7, 11) is 1.63. The van der Waals surface area contributed by atoms with Gasteiger partial charge in [-0.15, -0.1) is 11.6 Å². The average molecular weight is 112 g/mol. The minimum absolute atomic E-state index is 0. The Bertz CT molecular complexity index is 18.3. The maximum atomic E-state index is 5.18. The lowest BCUT2D eigenvalue weighted by atomic mass is 10.9. The Kier molecular flexibility index (Phi) is 14.2. The number of alkyl halides is 1. The van der Waals surface area contributed by atoms with Crippen LogP contribution < -0.4 is 6.15 Å². The number of halogens is 1. The van der Waals surface area contributed by atoms with E-state index >= 15 is 0 Å². The van der Waals surface area contributed by atoms with Crippen molar-refractivity contribution in [3.05, 3.63) is 0 Å². The lowest BCUT2D eigenvalue weighted by Gasteiger charge is -1.82. The Hall–Kier alpha value is 0.210. The van der Waals surface area contributed by atoms with Crippen molar-refractivity contribution in [3.8, 4) is 0 Å². The maximum absolute atomic E-state index is 5.18. The van der Waals surface area contributed by atoms with E-state index in [4.69, 9.17) is 11.6 Å². The quantitative estimate of drug-likeness (QED) is 0.541. The molecule has 0 rings (SSSR count). The highest BCUT2D eigenvalue weighted by Crippen LogP contribution is 1.70. The Morgan fingerprint density at radius 2 is 2.17 bits per heavy atom. The van der Waals surface area contributed by atoms with Gasteiger partial charge in [0.15, 0.2) is 0 Å². The van der Waals surface area contributed by atoms with Crippen LogP contribution in [0, 0.1) is 0 Å². The molecule has 0 unspecified atom stereocenters. The lowest BCUT2D eigenvalue weighted by Crippen LogP contribution is -1.85. The highest BCUT2D eigenvalue weighted by atomic mass is 35.5. The van der Waals surface area contributed by atoms with E-state index < -0.39 is 0 Å². The first-order chi connectivity index (χ1) is 2.41. The van der Waals surface area contributed by atoms with Crippen LogP contribution in [0.15, 0.2) is 0 Å². The van der Waals surface area contributed by atoms with Gasteiger partial charge in [0.25, 0.3) is 0 Å². The SMILES string of the molecule is COCCCl.N. The predicted octanol–water partition coefficient (Wildman–Crippen LogP) is 1.03. The van der Waals surface area contributed by atoms with Gasteiger partial charge < -0.3 is 10.9 Å². The molecular weight excluding hydrogens is 101 g/mol. The van der Waals surface area contributed by atoms with E-state index in [0.29, 0.717) is 12.5 Å². The summed E-state index contributed by atoms with van der Waals surface area (Å²) in [6, 6.07) is 0. The van der Waals surface area contributed by atoms with Crippen LogP contribution in [-0.2, 0) is 4.74 Å². The first-order valence-electron chi connectivity index (χ1n) is 1.46. The van der Waals surface area contributed by atoms with E-state index in [0.717, 1.165) is 0 Å². The first kappa shape index (κ1) is 9.51. The van der Waals surface area contributed by atoms with Crippen molar-refractivity contribution in [3.63, 3.8) is 0 Å². The zero-order valence-electron chi connectivity index (χ0n) is 3.91. The second kappa shape index (κ2) is 8.96. The van der Waals surface area contributed by atoms with E-state index in [1.165, 1.54) is 0 Å². The highest BCUT2D eigenvalue weighted by Gasteiger charge is 1.68. The van der Waals surface area contributed by atoms with Gasteiger partial charge in [-0.3, -0.25) is 0 Å². The van der Waals surface area contributed by atoms with Crippen LogP contribution in [0.1, 0.15) is 0 Å². The predicted molar refractivity (Wildman–Crippen MR) is 27.6 cm³/mol. The largest absolute Gasteiger partial charge is 0.383 e. The van der Waals surface area contributed by atoms with E-state index in [-0.39, 0.29) is 6.15 Å². The summed E-state index contributed by atoms with van der Waals surface area (Å²) in [6.45, 7) is 0.654. The van der Waals surface area contributed by atoms with Gasteiger partial charge in [-0.2, -0.15) is 0 Å². The summed E-state index contributed by atoms with van der Waals surface area (Å²) in [6.07, 6.45) is 0. The molecule has 0 bridgehead atoms. The molecule has 0 aromatic rings. The van der Waals surface area contributed by atoms with E-state index in [1.54, 1.807) is 7.11 Å². The van der Waals surface area contributed by atoms with Crippen molar-refractivity contribution in [1.82, 2.24) is 6.15 Å². The Balaban J connectivity index is 0. The standard InChI is InChI=1S/C3H7ClO.H3N/c1-5-3-2-4;/h2-3H2,1H3;1H3. The summed E-state index contributed by atoms with van der Waals surface area (Å²) in [4.78, 5) is 0. The first-order valence-corrected chi connectivity index (χ1v) is 2.00. The molecular formula is C3H10ClNO. The van der Waals surface area contributed by atoms with Gasteiger partial charge in [-0.05, 0) is 0 Å². The molecule has 6 heavy (non-hydrogen) atoms. The molecule has 0 atom stereocenters. The zero-order valence-corrected chi connectivity index (χ0v) is 4.66. The van der Waals surface area contributed by atoms with Gasteiger partial charge in [0.1, 0.15) is 0 Å². The Labute approximate surface area is 43.0 Å². The summed E-state index contributed by atoms with van der Waals surface area (Å²) >= 11 is 5.18. The fourth-order valence-electron chi connectivity index (χ4n) is 0.0772. The van der Waals surface area contributed by atoms with E-state index in [1.807, 2.05) is 0 Å². The van der Waals surface area contributed by atoms with Crippen LogP contribution in [0.2, 0.25) is 0 Å². The van der Waals surface area contributed by atoms with Crippen molar-refractivity contribution in [2.24, 2.45) is 0 Å². The molecule has 0 radical (unpaired) electrons. The normalized spacial score (nSPS) is 7.00. The third kappa shape index (κ3) is 8.88. The van der Waals surface area contributed by atoms with Crippen molar-refractivity contribution < 1.29 is 4.74 Å². The molecule has 0 aliphatic carbocycles. The molecule has 0 aromatic heterocycles. The Morgan fingerprint density at radius 1 is 1.67 bits per heavy atom. The van der Waals surface area contributed by atoms with E-state index in [9.17, 15) is 0 Å². The number of ether oxygens (including phenoxy) is 1. The maximum Gasteiger partial charge on any atom is 0.0597 e. The third-order valence-electron chi connectivity index (χ3n) is 0.281. The molecule has 0 amide bonds. The van der Waals surface area contributed by atoms with Gasteiger partial charge in [0.05, 0.1) is 6.61 Å². The van der Waals surface area contributed by atoms with Crippen LogP contribution in [0.25, 0.3) is 0 Å². The molecule has 0 saturated heterocycles. The topological polar surface area (TPSA) is 44.2 Å². The molecule has 3 heteroatoms. The minimum Gasteiger partial charge on any atom is -0.383 e. The van der Waals surface area contributed by atoms with Crippen molar-refractivity contribution in [2.45, 2.75) is 0 Å². The van der Waals surface area contributed by atoms with Gasteiger partial charge >= 0.3 is 0 Å². The molecule has 3 N–H and O–H groups in total. The van der Waals surface area contributed by atoms with Crippen molar-refractivity contribution in [2.75, 3.05) is 19.6 Å². The monoisotopic (exact) mass is 111 g/mol. The summed E-state index contributed by atoms with van der Waals surface area (Å²) in [5.41, 5.74) is 0. The lowest BCUT2D eigenvalue weighted by molar-refractivity contribution is 0.218. The second-order valence-corrected chi connectivity index (χ2v) is 1.06. The van der Waals surface area contributed by atoms with E-state index in [2.05, 4.69) is 4.74 Å². The fraction of sp³-hybridized carbons (Fsp3) is 1.00. The Morgan fingerprint density at radius 3 is 2.17 bits per heavy atom. The van der Waals surface area contributed by atoms with Gasteiger partial charge in [0.2, 0.25) is 0 Å². The van der Waals surface area contributed by atoms with Crippen LogP contribution in [0.5, 0.6) is 0 Å². The molecule has 0 aliphatic rings. The van der Waals surface area contributed by atoms with Gasteiger partial charge in [-0.1, -0.05) is 0 Å². The summed E-state index contributed by atoms with van der Waals surface area (Å²) in [5.74, 6) is 0.594. The zero-order chi connectivity index (χ0) is 4.12. The number of rotatable bonds is 2. The molecule has 0 aliphatic heterocycles. The minimum atomic E-state index is 0. The van der Waals surface area contributed by atoms with Gasteiger partial charge in [0, 0.05) is 13.0 Å². The van der Waals surface area contributed by atoms with Crippen molar-refractivity contribution >= 4 is 11.6 Å². The summed E-state index contributed by atoms with van der Waals surface area (Å²) < 4.78 is 4.56. The number of hydrogen-bond acceptors (Lipinski definition) is 2. The third-order valence-corrected chi connectivity index (χ3v) is 0.436. The molecule has 0 heterocycles. The summed E-state index contributed by atoms with van der Waals surface area (Å²) in [5, 5.41) is 0. The van der Waals surface area contributed by atoms with Gasteiger partial charge in [-0.25, -0.2) is 0 Å². The molecule has 0 spiro atoms. The molecule has 0 aromatic carbocycles. The van der Waals surface area contributed by atoms with Crippen molar-refractivity contribution in [1.29, 1.82) is 0 Å². The van der Waals surface area contributed by atoms with Crippen LogP contribution in [0.4, 0.5) is 0 Å². The number of hydrogen-bond donors (Lipinski definition) is 1. The molecule has 2 nitrogen and oxygen atoms in total. The smallest absolute Gasteiger partial charge is 0.0597 e. The van der Waals surface area contributed by atoms with Crippen LogP contribution in [-0.4, -0.2) is 19.6 Å². The highest BCUT2D eigenvalue weighted by molar-refractivity contribution is 6.17. The fourth-order valence-corrected chi connectivity index (χ4v) is 0.231. The average Bonchev–Trinajstić information content (AvgIpc) is 1.41. The number of methoxy groups -OCH3 is 1.